The van der Waals surface area contributed by atoms with Crippen LogP contribution in [-0.2, 0) is 20.8 Å². The van der Waals surface area contributed by atoms with E-state index < -0.39 is 26.8 Å². The highest BCUT2D eigenvalue weighted by atomic mass is 32.2. The number of carbonyl (C=O) groups excluding carboxylic acids is 1. The summed E-state index contributed by atoms with van der Waals surface area (Å²) >= 11 is 0. The summed E-state index contributed by atoms with van der Waals surface area (Å²) in [5.41, 5.74) is 0.239. The van der Waals surface area contributed by atoms with E-state index in [4.69, 9.17) is 0 Å². The lowest BCUT2D eigenvalue weighted by Crippen LogP contribution is -2.53. The van der Waals surface area contributed by atoms with Crippen molar-refractivity contribution in [2.75, 3.05) is 19.3 Å². The van der Waals surface area contributed by atoms with Gasteiger partial charge in [0.15, 0.2) is 9.84 Å². The lowest BCUT2D eigenvalue weighted by molar-refractivity contribution is -0.137. The first-order chi connectivity index (χ1) is 16.2. The molecule has 0 saturated heterocycles. The Hall–Kier alpha value is -1.87. The fraction of sp³-hybridized carbons (Fsp3) is 0.654. The van der Waals surface area contributed by atoms with Crippen molar-refractivity contribution in [3.63, 3.8) is 0 Å². The predicted molar refractivity (Wildman–Crippen MR) is 132 cm³/mol. The Kier molecular flexibility index (Phi) is 8.41. The fourth-order valence-electron chi connectivity index (χ4n) is 5.20. The van der Waals surface area contributed by atoms with Crippen molar-refractivity contribution >= 4 is 21.3 Å². The largest absolute Gasteiger partial charge is 0.416 e. The molecule has 0 radical (unpaired) electrons. The highest BCUT2D eigenvalue weighted by molar-refractivity contribution is 7.91. The number of hydrogen-bond acceptors (Lipinski definition) is 4. The van der Waals surface area contributed by atoms with Crippen molar-refractivity contribution in [1.82, 2.24) is 9.80 Å². The van der Waals surface area contributed by atoms with E-state index in [0.717, 1.165) is 18.6 Å². The molecule has 0 bridgehead atoms. The minimum atomic E-state index is -4.45. The molecule has 1 aliphatic heterocycles. The number of rotatable bonds is 7. The summed E-state index contributed by atoms with van der Waals surface area (Å²) in [6.45, 7) is 7.96. The van der Waals surface area contributed by atoms with Gasteiger partial charge >= 0.3 is 6.18 Å². The first-order valence-electron chi connectivity index (χ1n) is 12.3. The zero-order valence-corrected chi connectivity index (χ0v) is 22.0. The van der Waals surface area contributed by atoms with Crippen molar-refractivity contribution in [3.05, 3.63) is 41.5 Å². The average Bonchev–Trinajstić information content (AvgIpc) is 2.78. The summed E-state index contributed by atoms with van der Waals surface area (Å²) in [7, 11) is -1.25. The summed E-state index contributed by atoms with van der Waals surface area (Å²) < 4.78 is 65.1. The molecule has 0 unspecified atom stereocenters. The van der Waals surface area contributed by atoms with E-state index in [2.05, 4.69) is 25.8 Å². The summed E-state index contributed by atoms with van der Waals surface area (Å²) in [6.07, 6.45) is -0.316. The number of hydrogen-bond donors (Lipinski definition) is 0. The Morgan fingerprint density at radius 1 is 1.14 bits per heavy atom. The van der Waals surface area contributed by atoms with Gasteiger partial charge in [-0.05, 0) is 89.6 Å². The van der Waals surface area contributed by atoms with E-state index in [0.29, 0.717) is 43.0 Å². The second-order valence-corrected chi connectivity index (χ2v) is 13.1. The molecule has 3 rings (SSSR count). The van der Waals surface area contributed by atoms with Crippen LogP contribution in [0.2, 0.25) is 0 Å². The van der Waals surface area contributed by atoms with E-state index in [-0.39, 0.29) is 29.7 Å². The molecule has 1 heterocycles. The first-order valence-corrected chi connectivity index (χ1v) is 14.0. The van der Waals surface area contributed by atoms with Gasteiger partial charge in [0.25, 0.3) is 0 Å². The topological polar surface area (TPSA) is 57.7 Å². The molecule has 196 valence electrons. The van der Waals surface area contributed by atoms with Gasteiger partial charge in [-0.15, -0.1) is 0 Å². The van der Waals surface area contributed by atoms with Crippen LogP contribution < -0.4 is 0 Å². The molecule has 3 atom stereocenters. The fourth-order valence-corrected chi connectivity index (χ4v) is 6.54. The van der Waals surface area contributed by atoms with Crippen molar-refractivity contribution in [2.45, 2.75) is 82.9 Å². The lowest BCUT2D eigenvalue weighted by Gasteiger charge is -2.46. The number of alkyl halides is 3. The SMILES string of the molecule is CC(C)N(C)[C@@H]1CC[C@H](N2CCC(c3cccc(C(F)(F)F)c3)=CC2=O)[C@@H](CS(=O)(=O)C(C)C)C1. The van der Waals surface area contributed by atoms with Gasteiger partial charge in [0.05, 0.1) is 16.6 Å². The summed E-state index contributed by atoms with van der Waals surface area (Å²) in [4.78, 5) is 17.2. The van der Waals surface area contributed by atoms with Crippen LogP contribution in [0.15, 0.2) is 30.3 Å². The van der Waals surface area contributed by atoms with Gasteiger partial charge in [0.2, 0.25) is 5.91 Å². The maximum absolute atomic E-state index is 13.2. The van der Waals surface area contributed by atoms with Gasteiger partial charge in [-0.25, -0.2) is 8.42 Å². The van der Waals surface area contributed by atoms with Gasteiger partial charge in [-0.2, -0.15) is 13.2 Å². The molecule has 0 aromatic heterocycles. The highest BCUT2D eigenvalue weighted by Crippen LogP contribution is 2.37. The van der Waals surface area contributed by atoms with Gasteiger partial charge in [-0.3, -0.25) is 4.79 Å². The molecule has 1 aromatic rings. The molecule has 0 spiro atoms. The Labute approximate surface area is 207 Å². The molecule has 5 nitrogen and oxygen atoms in total. The van der Waals surface area contributed by atoms with Crippen LogP contribution >= 0.6 is 0 Å². The molecular formula is C26H37F3N2O3S. The molecule has 0 N–H and O–H groups in total. The quantitative estimate of drug-likeness (QED) is 0.513. The Balaban J connectivity index is 1.84. The minimum absolute atomic E-state index is 0.0335. The molecule has 1 amide bonds. The number of nitrogens with zero attached hydrogens (tertiary/aromatic N) is 2. The zero-order valence-electron chi connectivity index (χ0n) is 21.2. The molecule has 9 heteroatoms. The number of carbonyl (C=O) groups is 1. The van der Waals surface area contributed by atoms with E-state index in [1.165, 1.54) is 12.1 Å². The standard InChI is InChI=1S/C26H37F3N2O3S/c1-17(2)30(5)23-9-10-24(21(14-23)16-35(33,34)18(3)4)31-12-11-20(15-25(31)32)19-7-6-8-22(13-19)26(27,28)29/h6-8,13,15,17-18,21,23-24H,9-12,14,16H2,1-5H3/t21-,23-,24+/m1/s1. The summed E-state index contributed by atoms with van der Waals surface area (Å²) in [6, 6.07) is 5.42. The lowest BCUT2D eigenvalue weighted by atomic mass is 9.80. The normalized spacial score (nSPS) is 24.4. The van der Waals surface area contributed by atoms with Crippen LogP contribution in [0.25, 0.3) is 5.57 Å². The third-order valence-corrected chi connectivity index (χ3v) is 9.96. The van der Waals surface area contributed by atoms with E-state index >= 15 is 0 Å². The summed E-state index contributed by atoms with van der Waals surface area (Å²) in [5, 5.41) is -0.490. The zero-order chi connectivity index (χ0) is 26.1. The van der Waals surface area contributed by atoms with Crippen LogP contribution in [-0.4, -0.2) is 66.8 Å². The third-order valence-electron chi connectivity index (χ3n) is 7.63. The maximum Gasteiger partial charge on any atom is 0.416 e. The minimum Gasteiger partial charge on any atom is -0.336 e. The Bertz CT molecular complexity index is 1050. The van der Waals surface area contributed by atoms with Gasteiger partial charge in [0.1, 0.15) is 0 Å². The molecular weight excluding hydrogens is 477 g/mol. The number of amides is 1. The van der Waals surface area contributed by atoms with Crippen LogP contribution in [0.5, 0.6) is 0 Å². The highest BCUT2D eigenvalue weighted by Gasteiger charge is 2.41. The smallest absolute Gasteiger partial charge is 0.336 e. The predicted octanol–water partition coefficient (Wildman–Crippen LogP) is 5.02. The van der Waals surface area contributed by atoms with Crippen molar-refractivity contribution in [1.29, 1.82) is 0 Å². The maximum atomic E-state index is 13.2. The molecule has 2 aliphatic rings. The van der Waals surface area contributed by atoms with Crippen LogP contribution in [0.1, 0.15) is 64.5 Å². The molecule has 1 aromatic carbocycles. The monoisotopic (exact) mass is 514 g/mol. The van der Waals surface area contributed by atoms with Crippen LogP contribution in [0.4, 0.5) is 13.2 Å². The van der Waals surface area contributed by atoms with Gasteiger partial charge in [0, 0.05) is 30.7 Å². The van der Waals surface area contributed by atoms with Crippen LogP contribution in [0, 0.1) is 5.92 Å². The van der Waals surface area contributed by atoms with Crippen molar-refractivity contribution in [3.8, 4) is 0 Å². The molecule has 1 saturated carbocycles. The third kappa shape index (κ3) is 6.47. The van der Waals surface area contributed by atoms with E-state index in [1.54, 1.807) is 24.8 Å². The van der Waals surface area contributed by atoms with Crippen molar-refractivity contribution < 1.29 is 26.4 Å². The number of sulfone groups is 1. The second kappa shape index (κ2) is 10.6. The number of benzene rings is 1. The van der Waals surface area contributed by atoms with E-state index in [9.17, 15) is 26.4 Å². The average molecular weight is 515 g/mol. The first kappa shape index (κ1) is 27.7. The number of halogens is 3. The Morgan fingerprint density at radius 3 is 2.40 bits per heavy atom. The summed E-state index contributed by atoms with van der Waals surface area (Å²) in [5.74, 6) is -0.405. The van der Waals surface area contributed by atoms with Crippen LogP contribution in [0.3, 0.4) is 0 Å². The molecule has 1 aliphatic carbocycles. The molecule has 1 fully saturated rings. The second-order valence-electron chi connectivity index (χ2n) is 10.5. The van der Waals surface area contributed by atoms with Gasteiger partial charge in [-0.1, -0.05) is 12.1 Å². The van der Waals surface area contributed by atoms with Gasteiger partial charge < -0.3 is 9.80 Å². The van der Waals surface area contributed by atoms with Crippen molar-refractivity contribution in [2.24, 2.45) is 5.92 Å². The Morgan fingerprint density at radius 2 is 1.83 bits per heavy atom. The van der Waals surface area contributed by atoms with E-state index in [1.807, 2.05) is 0 Å². The molecule has 35 heavy (non-hydrogen) atoms.